The number of benzene rings is 1. The zero-order chi connectivity index (χ0) is 18.4. The fourth-order valence-corrected chi connectivity index (χ4v) is 3.76. The van der Waals surface area contributed by atoms with Gasteiger partial charge >= 0.3 is 0 Å². The van der Waals surface area contributed by atoms with Crippen LogP contribution in [0.5, 0.6) is 0 Å². The highest BCUT2D eigenvalue weighted by Crippen LogP contribution is 2.26. The van der Waals surface area contributed by atoms with Crippen LogP contribution < -0.4 is 5.32 Å². The van der Waals surface area contributed by atoms with Gasteiger partial charge in [0.2, 0.25) is 0 Å². The van der Waals surface area contributed by atoms with Crippen molar-refractivity contribution in [3.05, 3.63) is 54.0 Å². The number of halogens is 1. The molecule has 0 saturated carbocycles. The Morgan fingerprint density at radius 1 is 1.11 bits per heavy atom. The number of nitrogens with one attached hydrogen (secondary N) is 1. The van der Waals surface area contributed by atoms with Gasteiger partial charge in [-0.25, -0.2) is 14.4 Å². The van der Waals surface area contributed by atoms with Crippen LogP contribution in [-0.2, 0) is 0 Å². The summed E-state index contributed by atoms with van der Waals surface area (Å²) in [5.74, 6) is -0.506. The molecule has 3 aromatic heterocycles. The van der Waals surface area contributed by atoms with E-state index in [4.69, 9.17) is 4.98 Å². The first-order valence-electron chi connectivity index (χ1n) is 9.08. The van der Waals surface area contributed by atoms with Crippen LogP contribution >= 0.6 is 0 Å². The van der Waals surface area contributed by atoms with Gasteiger partial charge in [-0.2, -0.15) is 0 Å². The summed E-state index contributed by atoms with van der Waals surface area (Å²) in [7, 11) is 0. The van der Waals surface area contributed by atoms with E-state index in [1.165, 1.54) is 12.3 Å². The predicted octanol–water partition coefficient (Wildman–Crippen LogP) is 2.61. The highest BCUT2D eigenvalue weighted by atomic mass is 19.1. The molecule has 4 aromatic rings. The van der Waals surface area contributed by atoms with E-state index >= 15 is 0 Å². The van der Waals surface area contributed by atoms with E-state index in [-0.39, 0.29) is 5.91 Å². The number of fused-ring (bicyclic) bond motifs is 5. The van der Waals surface area contributed by atoms with Crippen LogP contribution in [0.1, 0.15) is 16.8 Å². The second kappa shape index (κ2) is 6.28. The number of pyridine rings is 2. The van der Waals surface area contributed by atoms with Crippen molar-refractivity contribution in [2.75, 3.05) is 26.2 Å². The molecular weight excluding hydrogens is 345 g/mol. The Kier molecular flexibility index (Phi) is 3.75. The highest BCUT2D eigenvalue weighted by molar-refractivity contribution is 6.05. The quantitative estimate of drug-likeness (QED) is 0.565. The molecule has 1 saturated heterocycles. The third-order valence-electron chi connectivity index (χ3n) is 5.03. The van der Waals surface area contributed by atoms with Crippen molar-refractivity contribution >= 4 is 33.6 Å². The topological polar surface area (TPSA) is 62.5 Å². The minimum Gasteiger partial charge on any atom is -0.337 e. The number of para-hydroxylation sites is 2. The van der Waals surface area contributed by atoms with E-state index in [1.807, 2.05) is 33.6 Å². The molecule has 1 amide bonds. The van der Waals surface area contributed by atoms with Gasteiger partial charge in [-0.1, -0.05) is 12.1 Å². The number of carbonyl (C=O) groups excluding carboxylic acids is 1. The summed E-state index contributed by atoms with van der Waals surface area (Å²) >= 11 is 0. The molecule has 7 heteroatoms. The minimum atomic E-state index is -0.427. The zero-order valence-electron chi connectivity index (χ0n) is 14.7. The molecule has 0 spiro atoms. The Hall–Kier alpha value is -3.06. The van der Waals surface area contributed by atoms with Gasteiger partial charge in [0, 0.05) is 25.0 Å². The number of imidazole rings is 1. The van der Waals surface area contributed by atoms with Gasteiger partial charge in [0.25, 0.3) is 5.91 Å². The maximum Gasteiger partial charge on any atom is 0.257 e. The molecule has 1 fully saturated rings. The fraction of sp³-hybridized carbons (Fsp3) is 0.250. The van der Waals surface area contributed by atoms with Gasteiger partial charge in [0.1, 0.15) is 11.5 Å². The van der Waals surface area contributed by atoms with Crippen molar-refractivity contribution in [3.8, 4) is 0 Å². The maximum absolute atomic E-state index is 13.8. The highest BCUT2D eigenvalue weighted by Gasteiger charge is 2.23. The van der Waals surface area contributed by atoms with E-state index in [9.17, 15) is 9.18 Å². The molecule has 1 aliphatic heterocycles. The number of hydrogen-bond donors (Lipinski definition) is 1. The smallest absolute Gasteiger partial charge is 0.257 e. The lowest BCUT2D eigenvalue weighted by atomic mass is 10.1. The predicted molar refractivity (Wildman–Crippen MR) is 101 cm³/mol. The average molecular weight is 363 g/mol. The van der Waals surface area contributed by atoms with Gasteiger partial charge in [0.05, 0.1) is 22.8 Å². The largest absolute Gasteiger partial charge is 0.337 e. The Morgan fingerprint density at radius 3 is 2.93 bits per heavy atom. The SMILES string of the molecule is O=C(c1cc2cc(F)cnc2n2c1nc1ccccc12)N1CCCNCC1. The molecule has 0 aliphatic carbocycles. The van der Waals surface area contributed by atoms with Crippen molar-refractivity contribution in [1.29, 1.82) is 0 Å². The van der Waals surface area contributed by atoms with E-state index in [0.717, 1.165) is 30.5 Å². The molecule has 5 rings (SSSR count). The Bertz CT molecular complexity index is 1180. The molecular formula is C20H18FN5O. The number of aromatic nitrogens is 3. The average Bonchev–Trinajstić information content (AvgIpc) is 2.86. The van der Waals surface area contributed by atoms with E-state index in [1.54, 1.807) is 6.07 Å². The second-order valence-corrected chi connectivity index (χ2v) is 6.78. The lowest BCUT2D eigenvalue weighted by molar-refractivity contribution is 0.0768. The normalized spacial score (nSPS) is 15.5. The van der Waals surface area contributed by atoms with E-state index < -0.39 is 5.82 Å². The number of nitrogens with zero attached hydrogens (tertiary/aromatic N) is 4. The third kappa shape index (κ3) is 2.62. The van der Waals surface area contributed by atoms with Crippen LogP contribution in [0.25, 0.3) is 27.7 Å². The summed E-state index contributed by atoms with van der Waals surface area (Å²) in [6.45, 7) is 3.00. The summed E-state index contributed by atoms with van der Waals surface area (Å²) in [6.07, 6.45) is 2.10. The zero-order valence-corrected chi connectivity index (χ0v) is 14.7. The van der Waals surface area contributed by atoms with Crippen molar-refractivity contribution in [2.45, 2.75) is 6.42 Å². The Morgan fingerprint density at radius 2 is 2.00 bits per heavy atom. The lowest BCUT2D eigenvalue weighted by Gasteiger charge is -2.20. The number of amides is 1. The standard InChI is InChI=1S/C20H18FN5O/c21-14-10-13-11-15(20(27)25-8-3-6-22-7-9-25)19-24-16-4-1-2-5-17(16)26(19)18(13)23-12-14/h1-2,4-5,10-12,22H,3,6-9H2. The fourth-order valence-electron chi connectivity index (χ4n) is 3.76. The van der Waals surface area contributed by atoms with Gasteiger partial charge in [0.15, 0.2) is 5.65 Å². The van der Waals surface area contributed by atoms with Crippen LogP contribution in [0.2, 0.25) is 0 Å². The Balaban J connectivity index is 1.81. The molecule has 0 atom stereocenters. The summed E-state index contributed by atoms with van der Waals surface area (Å²) in [5.41, 5.74) is 3.26. The Labute approximate surface area is 154 Å². The van der Waals surface area contributed by atoms with Crippen LogP contribution in [0, 0.1) is 5.82 Å². The maximum atomic E-state index is 13.8. The first kappa shape index (κ1) is 16.1. The molecule has 0 unspecified atom stereocenters. The van der Waals surface area contributed by atoms with Crippen LogP contribution in [0.3, 0.4) is 0 Å². The molecule has 0 bridgehead atoms. The van der Waals surface area contributed by atoms with Gasteiger partial charge in [-0.05, 0) is 37.2 Å². The van der Waals surface area contributed by atoms with Crippen molar-refractivity contribution in [2.24, 2.45) is 0 Å². The van der Waals surface area contributed by atoms with Crippen molar-refractivity contribution in [1.82, 2.24) is 24.6 Å². The molecule has 0 radical (unpaired) electrons. The number of rotatable bonds is 1. The molecule has 136 valence electrons. The summed E-state index contributed by atoms with van der Waals surface area (Å²) in [4.78, 5) is 24.1. The monoisotopic (exact) mass is 363 g/mol. The van der Waals surface area contributed by atoms with E-state index in [0.29, 0.717) is 35.3 Å². The number of carbonyl (C=O) groups is 1. The summed E-state index contributed by atoms with van der Waals surface area (Å²) in [5, 5.41) is 3.89. The van der Waals surface area contributed by atoms with Crippen molar-refractivity contribution in [3.63, 3.8) is 0 Å². The first-order chi connectivity index (χ1) is 13.2. The molecule has 1 aromatic carbocycles. The van der Waals surface area contributed by atoms with Crippen LogP contribution in [-0.4, -0.2) is 51.4 Å². The second-order valence-electron chi connectivity index (χ2n) is 6.78. The van der Waals surface area contributed by atoms with Gasteiger partial charge in [-0.15, -0.1) is 0 Å². The molecule has 27 heavy (non-hydrogen) atoms. The summed E-state index contributed by atoms with van der Waals surface area (Å²) < 4.78 is 15.7. The molecule has 1 aliphatic rings. The van der Waals surface area contributed by atoms with Gasteiger partial charge < -0.3 is 10.2 Å². The first-order valence-corrected chi connectivity index (χ1v) is 9.08. The van der Waals surface area contributed by atoms with E-state index in [2.05, 4.69) is 10.3 Å². The van der Waals surface area contributed by atoms with Gasteiger partial charge in [-0.3, -0.25) is 9.20 Å². The molecule has 6 nitrogen and oxygen atoms in total. The number of hydrogen-bond acceptors (Lipinski definition) is 4. The van der Waals surface area contributed by atoms with Crippen molar-refractivity contribution < 1.29 is 9.18 Å². The third-order valence-corrected chi connectivity index (χ3v) is 5.03. The van der Waals surface area contributed by atoms with Crippen LogP contribution in [0.15, 0.2) is 42.6 Å². The van der Waals surface area contributed by atoms with Crippen LogP contribution in [0.4, 0.5) is 4.39 Å². The lowest BCUT2D eigenvalue weighted by Crippen LogP contribution is -2.34. The summed E-state index contributed by atoms with van der Waals surface area (Å²) in [6, 6.07) is 10.8. The minimum absolute atomic E-state index is 0.0785. The molecule has 1 N–H and O–H groups in total. The molecule has 4 heterocycles.